The molecule has 2 aromatic carbocycles. The predicted molar refractivity (Wildman–Crippen MR) is 69.5 cm³/mol. The molecule has 1 N–H and O–H groups in total. The average molecular weight is 295 g/mol. The molecule has 0 aliphatic carbocycles. The fraction of sp³-hybridized carbons (Fsp3) is 0.154. The molecule has 3 nitrogen and oxygen atoms in total. The molecule has 0 saturated heterocycles. The minimum atomic E-state index is -0.863. The molecule has 0 aromatic heterocycles. The molecule has 0 spiro atoms. The van der Waals surface area contributed by atoms with E-state index in [9.17, 15) is 4.79 Å². The molecule has 0 fully saturated rings. The Kier molecular flexibility index (Phi) is 3.33. The Hall–Kier alpha value is -1.55. The molecule has 0 bridgehead atoms. The third-order valence-corrected chi connectivity index (χ3v) is 3.04. The molecule has 2 aromatic rings. The van der Waals surface area contributed by atoms with Gasteiger partial charge in [-0.25, -0.2) is 0 Å². The molecule has 88 valence electrons. The Morgan fingerprint density at radius 3 is 2.71 bits per heavy atom. The zero-order valence-corrected chi connectivity index (χ0v) is 10.8. The van der Waals surface area contributed by atoms with Gasteiger partial charge in [0.05, 0.1) is 13.5 Å². The van der Waals surface area contributed by atoms with Crippen molar-refractivity contribution < 1.29 is 14.6 Å². The Morgan fingerprint density at radius 1 is 1.29 bits per heavy atom. The second-order valence-corrected chi connectivity index (χ2v) is 4.64. The van der Waals surface area contributed by atoms with Gasteiger partial charge in [-0.2, -0.15) is 0 Å². The van der Waals surface area contributed by atoms with Crippen molar-refractivity contribution >= 4 is 32.7 Å². The summed E-state index contributed by atoms with van der Waals surface area (Å²) in [6.45, 7) is 0. The van der Waals surface area contributed by atoms with Crippen molar-refractivity contribution in [3.05, 3.63) is 40.4 Å². The summed E-state index contributed by atoms with van der Waals surface area (Å²) in [5, 5.41) is 10.9. The standard InChI is InChI=1S/C13H11BrO3/c1-17-12-6-8-2-3-11(14)5-9(8)4-10(12)7-13(15)16/h2-6H,7H2,1H3,(H,15,16). The van der Waals surface area contributed by atoms with Gasteiger partial charge < -0.3 is 9.84 Å². The van der Waals surface area contributed by atoms with E-state index in [1.807, 2.05) is 30.3 Å². The van der Waals surface area contributed by atoms with Crippen molar-refractivity contribution in [1.29, 1.82) is 0 Å². The highest BCUT2D eigenvalue weighted by Crippen LogP contribution is 2.28. The van der Waals surface area contributed by atoms with Gasteiger partial charge in [-0.1, -0.05) is 22.0 Å². The molecule has 0 heterocycles. The Balaban J connectivity index is 2.60. The molecule has 0 aliphatic heterocycles. The van der Waals surface area contributed by atoms with E-state index in [1.165, 1.54) is 0 Å². The van der Waals surface area contributed by atoms with Gasteiger partial charge in [0.25, 0.3) is 0 Å². The van der Waals surface area contributed by atoms with Crippen LogP contribution in [0.3, 0.4) is 0 Å². The first-order chi connectivity index (χ1) is 8.10. The number of ether oxygens (including phenoxy) is 1. The zero-order valence-electron chi connectivity index (χ0n) is 9.24. The Morgan fingerprint density at radius 2 is 2.06 bits per heavy atom. The number of benzene rings is 2. The molecular formula is C13H11BrO3. The summed E-state index contributed by atoms with van der Waals surface area (Å²) in [5.74, 6) is -0.250. The lowest BCUT2D eigenvalue weighted by Crippen LogP contribution is -2.02. The van der Waals surface area contributed by atoms with E-state index in [0.29, 0.717) is 11.3 Å². The molecule has 0 atom stereocenters. The SMILES string of the molecule is COc1cc2ccc(Br)cc2cc1CC(=O)O. The summed E-state index contributed by atoms with van der Waals surface area (Å²) in [7, 11) is 1.55. The molecule has 0 unspecified atom stereocenters. The van der Waals surface area contributed by atoms with Crippen molar-refractivity contribution in [3.8, 4) is 5.75 Å². The first-order valence-corrected chi connectivity index (χ1v) is 5.87. The summed E-state index contributed by atoms with van der Waals surface area (Å²) in [4.78, 5) is 10.8. The van der Waals surface area contributed by atoms with Gasteiger partial charge >= 0.3 is 5.97 Å². The van der Waals surface area contributed by atoms with Crippen LogP contribution in [-0.2, 0) is 11.2 Å². The van der Waals surface area contributed by atoms with Crippen LogP contribution < -0.4 is 4.74 Å². The highest BCUT2D eigenvalue weighted by Gasteiger charge is 2.09. The molecule has 17 heavy (non-hydrogen) atoms. The quantitative estimate of drug-likeness (QED) is 0.945. The van der Waals surface area contributed by atoms with E-state index in [4.69, 9.17) is 9.84 Å². The third-order valence-electron chi connectivity index (χ3n) is 2.54. The number of hydrogen-bond acceptors (Lipinski definition) is 2. The topological polar surface area (TPSA) is 46.5 Å². The lowest BCUT2D eigenvalue weighted by molar-refractivity contribution is -0.136. The van der Waals surface area contributed by atoms with Gasteiger partial charge in [0, 0.05) is 10.0 Å². The second kappa shape index (κ2) is 4.75. The van der Waals surface area contributed by atoms with Crippen molar-refractivity contribution in [2.24, 2.45) is 0 Å². The minimum Gasteiger partial charge on any atom is -0.496 e. The van der Waals surface area contributed by atoms with Crippen LogP contribution in [0.1, 0.15) is 5.56 Å². The molecule has 2 rings (SSSR count). The first kappa shape index (κ1) is 11.9. The number of fused-ring (bicyclic) bond motifs is 1. The van der Waals surface area contributed by atoms with Crippen LogP contribution >= 0.6 is 15.9 Å². The van der Waals surface area contributed by atoms with E-state index < -0.39 is 5.97 Å². The van der Waals surface area contributed by atoms with Crippen LogP contribution in [0, 0.1) is 0 Å². The molecule has 0 radical (unpaired) electrons. The Bertz CT molecular complexity index is 578. The number of carboxylic acids is 1. The van der Waals surface area contributed by atoms with Crippen LogP contribution in [0.2, 0.25) is 0 Å². The lowest BCUT2D eigenvalue weighted by Gasteiger charge is -2.09. The largest absolute Gasteiger partial charge is 0.496 e. The molecule has 0 amide bonds. The minimum absolute atomic E-state index is 0.0361. The number of carboxylic acid groups (broad SMARTS) is 1. The van der Waals surface area contributed by atoms with Gasteiger partial charge in [0.1, 0.15) is 5.75 Å². The van der Waals surface area contributed by atoms with Gasteiger partial charge in [-0.3, -0.25) is 4.79 Å². The number of rotatable bonds is 3. The number of aliphatic carboxylic acids is 1. The van der Waals surface area contributed by atoms with Crippen LogP contribution in [0.25, 0.3) is 10.8 Å². The van der Waals surface area contributed by atoms with Crippen molar-refractivity contribution in [2.75, 3.05) is 7.11 Å². The van der Waals surface area contributed by atoms with E-state index in [2.05, 4.69) is 15.9 Å². The molecular weight excluding hydrogens is 284 g/mol. The average Bonchev–Trinajstić information content (AvgIpc) is 2.27. The maximum absolute atomic E-state index is 10.8. The number of methoxy groups -OCH3 is 1. The smallest absolute Gasteiger partial charge is 0.307 e. The van der Waals surface area contributed by atoms with E-state index in [0.717, 1.165) is 15.2 Å². The number of carbonyl (C=O) groups is 1. The highest BCUT2D eigenvalue weighted by molar-refractivity contribution is 9.10. The van der Waals surface area contributed by atoms with Gasteiger partial charge in [-0.05, 0) is 35.0 Å². The number of hydrogen-bond donors (Lipinski definition) is 1. The van der Waals surface area contributed by atoms with Crippen LogP contribution in [0.4, 0.5) is 0 Å². The zero-order chi connectivity index (χ0) is 12.4. The summed E-state index contributed by atoms with van der Waals surface area (Å²) < 4.78 is 6.18. The maximum atomic E-state index is 10.8. The van der Waals surface area contributed by atoms with Crippen molar-refractivity contribution in [3.63, 3.8) is 0 Å². The highest BCUT2D eigenvalue weighted by atomic mass is 79.9. The molecule has 0 saturated carbocycles. The summed E-state index contributed by atoms with van der Waals surface area (Å²) >= 11 is 3.40. The van der Waals surface area contributed by atoms with Gasteiger partial charge in [0.15, 0.2) is 0 Å². The fourth-order valence-corrected chi connectivity index (χ4v) is 2.16. The fourth-order valence-electron chi connectivity index (χ4n) is 1.79. The van der Waals surface area contributed by atoms with E-state index in [1.54, 1.807) is 7.11 Å². The van der Waals surface area contributed by atoms with E-state index in [-0.39, 0.29) is 6.42 Å². The van der Waals surface area contributed by atoms with Gasteiger partial charge in [-0.15, -0.1) is 0 Å². The summed E-state index contributed by atoms with van der Waals surface area (Å²) in [6.07, 6.45) is -0.0361. The second-order valence-electron chi connectivity index (χ2n) is 3.73. The van der Waals surface area contributed by atoms with Crippen molar-refractivity contribution in [2.45, 2.75) is 6.42 Å². The summed E-state index contributed by atoms with van der Waals surface area (Å²) in [5.41, 5.74) is 0.686. The van der Waals surface area contributed by atoms with Gasteiger partial charge in [0.2, 0.25) is 0 Å². The molecule has 0 aliphatic rings. The monoisotopic (exact) mass is 294 g/mol. The lowest BCUT2D eigenvalue weighted by atomic mass is 10.0. The maximum Gasteiger partial charge on any atom is 0.307 e. The van der Waals surface area contributed by atoms with Crippen LogP contribution in [0.15, 0.2) is 34.8 Å². The third kappa shape index (κ3) is 2.58. The van der Waals surface area contributed by atoms with Crippen molar-refractivity contribution in [1.82, 2.24) is 0 Å². The van der Waals surface area contributed by atoms with Crippen LogP contribution in [0.5, 0.6) is 5.75 Å². The van der Waals surface area contributed by atoms with Crippen LogP contribution in [-0.4, -0.2) is 18.2 Å². The first-order valence-electron chi connectivity index (χ1n) is 5.08. The van der Waals surface area contributed by atoms with E-state index >= 15 is 0 Å². The predicted octanol–water partition coefficient (Wildman–Crippen LogP) is 3.24. The normalized spacial score (nSPS) is 10.5. The summed E-state index contributed by atoms with van der Waals surface area (Å²) in [6, 6.07) is 9.58. The Labute approximate surface area is 107 Å². The molecule has 4 heteroatoms. The number of halogens is 1.